The van der Waals surface area contributed by atoms with Crippen LogP contribution in [0.1, 0.15) is 50.1 Å². The zero-order valence-electron chi connectivity index (χ0n) is 20.6. The lowest BCUT2D eigenvalue weighted by molar-refractivity contribution is -0.126. The predicted molar refractivity (Wildman–Crippen MR) is 136 cm³/mol. The molecule has 10 heteroatoms. The Hall–Kier alpha value is -3.79. The number of oxazole rings is 1. The molecule has 4 N–H and O–H groups in total. The Morgan fingerprint density at radius 3 is 2.76 bits per heavy atom. The summed E-state index contributed by atoms with van der Waals surface area (Å²) < 4.78 is 36.7. The maximum absolute atomic E-state index is 14.8. The fourth-order valence-corrected chi connectivity index (χ4v) is 5.36. The van der Waals surface area contributed by atoms with Crippen LogP contribution >= 0.6 is 0 Å². The third-order valence-electron chi connectivity index (χ3n) is 7.57. The fraction of sp³-hybridized carbons (Fsp3) is 0.370. The lowest BCUT2D eigenvalue weighted by atomic mass is 9.96. The van der Waals surface area contributed by atoms with Gasteiger partial charge in [-0.15, -0.1) is 0 Å². The molecule has 2 aromatic heterocycles. The minimum Gasteiger partial charge on any atom is -0.438 e. The van der Waals surface area contributed by atoms with E-state index in [0.29, 0.717) is 27.6 Å². The van der Waals surface area contributed by atoms with Crippen LogP contribution in [0.15, 0.2) is 33.5 Å². The third kappa shape index (κ3) is 3.78. The first kappa shape index (κ1) is 23.6. The Balaban J connectivity index is 1.47. The van der Waals surface area contributed by atoms with E-state index in [1.807, 2.05) is 6.92 Å². The second-order valence-electron chi connectivity index (χ2n) is 10.2. The molecule has 3 heterocycles. The minimum atomic E-state index is -0.713. The molecule has 2 aliphatic rings. The van der Waals surface area contributed by atoms with E-state index in [1.54, 1.807) is 23.6 Å². The van der Waals surface area contributed by atoms with Crippen molar-refractivity contribution >= 4 is 33.6 Å². The number of hydrogen-bond acceptors (Lipinski definition) is 6. The van der Waals surface area contributed by atoms with Crippen LogP contribution in [0.4, 0.5) is 14.5 Å². The number of aromatic nitrogens is 2. The summed E-state index contributed by atoms with van der Waals surface area (Å²) in [5.41, 5.74) is 6.56. The van der Waals surface area contributed by atoms with Gasteiger partial charge in [-0.2, -0.15) is 0 Å². The van der Waals surface area contributed by atoms with Crippen LogP contribution in [0.2, 0.25) is 0 Å². The molecule has 6 rings (SSSR count). The van der Waals surface area contributed by atoms with Gasteiger partial charge in [0, 0.05) is 23.1 Å². The molecule has 192 valence electrons. The Morgan fingerprint density at radius 2 is 2.05 bits per heavy atom. The fourth-order valence-electron chi connectivity index (χ4n) is 5.36. The van der Waals surface area contributed by atoms with E-state index in [9.17, 15) is 18.4 Å². The Labute approximate surface area is 210 Å². The summed E-state index contributed by atoms with van der Waals surface area (Å²) in [6, 6.07) is 5.46. The van der Waals surface area contributed by atoms with Gasteiger partial charge in [0.2, 0.25) is 11.8 Å². The van der Waals surface area contributed by atoms with Crippen molar-refractivity contribution in [3.8, 4) is 11.1 Å². The largest absolute Gasteiger partial charge is 0.438 e. The van der Waals surface area contributed by atoms with Crippen LogP contribution in [-0.4, -0.2) is 27.5 Å². The van der Waals surface area contributed by atoms with Gasteiger partial charge in [-0.25, -0.2) is 13.8 Å². The Kier molecular flexibility index (Phi) is 5.34. The molecule has 1 aliphatic heterocycles. The number of nitrogens with one attached hydrogen (secondary N) is 2. The number of nitrogens with zero attached hydrogens (tertiary/aromatic N) is 2. The molecule has 1 aliphatic carbocycles. The van der Waals surface area contributed by atoms with Crippen LogP contribution < -0.4 is 21.9 Å². The Bertz CT molecular complexity index is 1650. The molecule has 0 radical (unpaired) electrons. The first-order valence-electron chi connectivity index (χ1n) is 12.4. The number of nitrogens with two attached hydrogens (primary N) is 1. The first-order valence-corrected chi connectivity index (χ1v) is 12.4. The molecule has 1 amide bonds. The molecule has 2 fully saturated rings. The van der Waals surface area contributed by atoms with E-state index >= 15 is 0 Å². The van der Waals surface area contributed by atoms with E-state index in [0.717, 1.165) is 44.4 Å². The quantitative estimate of drug-likeness (QED) is 0.351. The van der Waals surface area contributed by atoms with Gasteiger partial charge in [0.05, 0.1) is 23.3 Å². The van der Waals surface area contributed by atoms with Gasteiger partial charge in [0.15, 0.2) is 11.1 Å². The number of hydrogen-bond donors (Lipinski definition) is 3. The summed E-state index contributed by atoms with van der Waals surface area (Å²) >= 11 is 0. The number of carbonyl (C=O) groups is 1. The number of anilines is 1. The topological polar surface area (TPSA) is 115 Å². The number of halogens is 2. The van der Waals surface area contributed by atoms with Gasteiger partial charge >= 0.3 is 0 Å². The molecule has 4 aromatic rings. The minimum absolute atomic E-state index is 0.00501. The van der Waals surface area contributed by atoms with Crippen molar-refractivity contribution in [2.75, 3.05) is 12.3 Å². The molecule has 1 saturated heterocycles. The van der Waals surface area contributed by atoms with Crippen LogP contribution in [0.25, 0.3) is 33.1 Å². The van der Waals surface area contributed by atoms with Crippen LogP contribution in [0.3, 0.4) is 0 Å². The van der Waals surface area contributed by atoms with Gasteiger partial charge in [-0.1, -0.05) is 6.07 Å². The van der Waals surface area contributed by atoms with Crippen molar-refractivity contribution in [3.63, 3.8) is 0 Å². The molecule has 0 bridgehead atoms. The number of benzene rings is 2. The molecule has 1 unspecified atom stereocenters. The van der Waals surface area contributed by atoms with E-state index in [-0.39, 0.29) is 46.7 Å². The highest BCUT2D eigenvalue weighted by molar-refractivity contribution is 6.04. The number of nitrogen functional groups attached to an aromatic ring is 1. The number of aryl methyl sites for hydroxylation is 1. The molecular weight excluding hydrogens is 480 g/mol. The molecule has 1 saturated carbocycles. The lowest BCUT2D eigenvalue weighted by Gasteiger charge is -2.22. The van der Waals surface area contributed by atoms with E-state index in [4.69, 9.17) is 10.2 Å². The average molecular weight is 508 g/mol. The zero-order valence-corrected chi connectivity index (χ0v) is 20.6. The number of carbonyl (C=O) groups excluding carboxylic acids is 1. The molecule has 1 atom stereocenters. The maximum Gasteiger partial charge on any atom is 0.281 e. The van der Waals surface area contributed by atoms with Crippen LogP contribution in [0, 0.1) is 18.6 Å². The molecule has 8 nitrogen and oxygen atoms in total. The van der Waals surface area contributed by atoms with Crippen molar-refractivity contribution in [2.24, 2.45) is 0 Å². The van der Waals surface area contributed by atoms with Gasteiger partial charge in [-0.05, 0) is 69.3 Å². The highest BCUT2D eigenvalue weighted by atomic mass is 19.1. The smallest absolute Gasteiger partial charge is 0.281 e. The van der Waals surface area contributed by atoms with Crippen molar-refractivity contribution in [2.45, 2.75) is 57.7 Å². The average Bonchev–Trinajstić information content (AvgIpc) is 3.44. The van der Waals surface area contributed by atoms with Gasteiger partial charge < -0.3 is 25.4 Å². The summed E-state index contributed by atoms with van der Waals surface area (Å²) in [7, 11) is 0. The monoisotopic (exact) mass is 507 g/mol. The van der Waals surface area contributed by atoms with E-state index in [2.05, 4.69) is 15.6 Å². The summed E-state index contributed by atoms with van der Waals surface area (Å²) in [5, 5.41) is 6.73. The SMILES string of the molecule is Cc1c(-c2cc(F)c(N)cc2F)ccc2c3oc(CNC(=O)C4(C)CCCN4)nc3c(=O)n(C3CC3)c12. The van der Waals surface area contributed by atoms with E-state index < -0.39 is 17.2 Å². The summed E-state index contributed by atoms with van der Waals surface area (Å²) in [5.74, 6) is -1.28. The van der Waals surface area contributed by atoms with Crippen molar-refractivity contribution in [1.82, 2.24) is 20.2 Å². The summed E-state index contributed by atoms with van der Waals surface area (Å²) in [6.07, 6.45) is 3.33. The molecule has 2 aromatic carbocycles. The Morgan fingerprint density at radius 1 is 1.27 bits per heavy atom. The molecule has 0 spiro atoms. The van der Waals surface area contributed by atoms with Gasteiger partial charge in [0.1, 0.15) is 11.6 Å². The van der Waals surface area contributed by atoms with Crippen LogP contribution in [-0.2, 0) is 11.3 Å². The van der Waals surface area contributed by atoms with Crippen LogP contribution in [0.5, 0.6) is 0 Å². The number of amides is 1. The number of rotatable bonds is 5. The normalized spacial score (nSPS) is 19.7. The van der Waals surface area contributed by atoms with Crippen molar-refractivity contribution in [1.29, 1.82) is 0 Å². The van der Waals surface area contributed by atoms with Crippen molar-refractivity contribution < 1.29 is 18.0 Å². The standard InChI is InChI=1S/C27H27F2N5O3/c1-13-15(17-10-19(29)20(30)11-18(17)28)6-7-16-23(13)34(14-4-5-14)25(35)22-24(16)37-21(33-22)12-31-26(36)27(2)8-3-9-32-27/h6-7,10-11,14,32H,3-5,8-9,12,30H2,1-2H3,(H,31,36). The van der Waals surface area contributed by atoms with Gasteiger partial charge in [0.25, 0.3) is 5.56 Å². The van der Waals surface area contributed by atoms with Gasteiger partial charge in [-0.3, -0.25) is 9.59 Å². The summed E-state index contributed by atoms with van der Waals surface area (Å²) in [6.45, 7) is 4.47. The second-order valence-corrected chi connectivity index (χ2v) is 10.2. The third-order valence-corrected chi connectivity index (χ3v) is 7.57. The van der Waals surface area contributed by atoms with E-state index in [1.165, 1.54) is 0 Å². The molecule has 37 heavy (non-hydrogen) atoms. The highest BCUT2D eigenvalue weighted by Gasteiger charge is 2.36. The summed E-state index contributed by atoms with van der Waals surface area (Å²) in [4.78, 5) is 30.7. The predicted octanol–water partition coefficient (Wildman–Crippen LogP) is 4.07. The first-order chi connectivity index (χ1) is 17.7. The molecular formula is C27H27F2N5O3. The number of pyridine rings is 1. The second kappa shape index (κ2) is 8.37. The maximum atomic E-state index is 14.8. The lowest BCUT2D eigenvalue weighted by Crippen LogP contribution is -2.50. The number of fused-ring (bicyclic) bond motifs is 3. The zero-order chi connectivity index (χ0) is 26.1. The van der Waals surface area contributed by atoms with Crippen molar-refractivity contribution in [3.05, 3.63) is 57.7 Å². The highest BCUT2D eigenvalue weighted by Crippen LogP contribution is 2.41.